The van der Waals surface area contributed by atoms with Gasteiger partial charge in [0, 0.05) is 0 Å². The molecule has 1 aliphatic carbocycles. The number of hydrogen-bond acceptors (Lipinski definition) is 2. The number of rotatable bonds is 3. The molecule has 1 unspecified atom stereocenters. The molecule has 4 nitrogen and oxygen atoms in total. The number of hydrogen-bond donors (Lipinski definition) is 2. The molecule has 1 saturated carbocycles. The largest absolute Gasteiger partial charge is 0.322 e. The standard InChI is InChI=1S/C19H18N2O2/c1-12-15(13-10-11-13)8-5-9-16(12)19(14-6-3-2-4-7-14)17(22)20-18(23)21-19/h2-9,13H,10-11H2,1H3,(H2,20,21,22,23). The highest BCUT2D eigenvalue weighted by atomic mass is 16.2. The number of urea groups is 1. The van der Waals surface area contributed by atoms with Gasteiger partial charge in [0.2, 0.25) is 0 Å². The van der Waals surface area contributed by atoms with Crippen LogP contribution >= 0.6 is 0 Å². The zero-order valence-corrected chi connectivity index (χ0v) is 12.9. The Morgan fingerprint density at radius 3 is 2.35 bits per heavy atom. The summed E-state index contributed by atoms with van der Waals surface area (Å²) in [5.74, 6) is 0.271. The van der Waals surface area contributed by atoms with Crippen LogP contribution in [0.4, 0.5) is 4.79 Å². The summed E-state index contributed by atoms with van der Waals surface area (Å²) in [6.07, 6.45) is 2.39. The SMILES string of the molecule is Cc1c(C2CC2)cccc1C1(c2ccccc2)NC(=O)NC1=O. The predicted octanol–water partition coefficient (Wildman–Crippen LogP) is 2.96. The second kappa shape index (κ2) is 4.95. The van der Waals surface area contributed by atoms with E-state index in [4.69, 9.17) is 0 Å². The van der Waals surface area contributed by atoms with Crippen LogP contribution in [0.5, 0.6) is 0 Å². The highest BCUT2D eigenvalue weighted by Gasteiger charge is 2.50. The van der Waals surface area contributed by atoms with E-state index in [9.17, 15) is 9.59 Å². The van der Waals surface area contributed by atoms with E-state index in [1.807, 2.05) is 49.4 Å². The summed E-state index contributed by atoms with van der Waals surface area (Å²) in [6, 6.07) is 15.0. The van der Waals surface area contributed by atoms with Gasteiger partial charge in [-0.15, -0.1) is 0 Å². The minimum Gasteiger partial charge on any atom is -0.316 e. The molecule has 0 radical (unpaired) electrons. The van der Waals surface area contributed by atoms with Crippen molar-refractivity contribution in [3.05, 3.63) is 70.8 Å². The molecule has 4 rings (SSSR count). The monoisotopic (exact) mass is 306 g/mol. The molecule has 3 amide bonds. The van der Waals surface area contributed by atoms with Crippen LogP contribution in [0.15, 0.2) is 48.5 Å². The molecule has 0 spiro atoms. The quantitative estimate of drug-likeness (QED) is 0.857. The third kappa shape index (κ3) is 2.05. The van der Waals surface area contributed by atoms with E-state index in [0.717, 1.165) is 16.7 Å². The molecule has 2 aliphatic rings. The Bertz CT molecular complexity index is 796. The Kier molecular flexibility index (Phi) is 3.01. The van der Waals surface area contributed by atoms with Crippen molar-refractivity contribution >= 4 is 11.9 Å². The molecule has 2 N–H and O–H groups in total. The third-order valence-corrected chi connectivity index (χ3v) is 4.87. The van der Waals surface area contributed by atoms with Crippen LogP contribution < -0.4 is 10.6 Å². The maximum absolute atomic E-state index is 12.8. The summed E-state index contributed by atoms with van der Waals surface area (Å²) in [6.45, 7) is 2.05. The van der Waals surface area contributed by atoms with Crippen molar-refractivity contribution in [1.29, 1.82) is 0 Å². The van der Waals surface area contributed by atoms with E-state index in [0.29, 0.717) is 5.92 Å². The fourth-order valence-corrected chi connectivity index (χ4v) is 3.59. The minimum absolute atomic E-state index is 0.315. The number of benzene rings is 2. The summed E-state index contributed by atoms with van der Waals surface area (Å²) in [5.41, 5.74) is 2.87. The van der Waals surface area contributed by atoms with E-state index in [2.05, 4.69) is 16.7 Å². The zero-order valence-electron chi connectivity index (χ0n) is 12.9. The van der Waals surface area contributed by atoms with Gasteiger partial charge in [-0.05, 0) is 47.9 Å². The van der Waals surface area contributed by atoms with Crippen molar-refractivity contribution in [2.24, 2.45) is 0 Å². The second-order valence-corrected chi connectivity index (χ2v) is 6.32. The number of nitrogens with one attached hydrogen (secondary N) is 2. The molecule has 23 heavy (non-hydrogen) atoms. The third-order valence-electron chi connectivity index (χ3n) is 4.87. The first-order chi connectivity index (χ1) is 11.1. The minimum atomic E-state index is -1.15. The number of amides is 3. The summed E-state index contributed by atoms with van der Waals surface area (Å²) in [7, 11) is 0. The number of carbonyl (C=O) groups is 2. The van der Waals surface area contributed by atoms with Gasteiger partial charge in [0.05, 0.1) is 0 Å². The lowest BCUT2D eigenvalue weighted by atomic mass is 9.79. The molecule has 4 heteroatoms. The topological polar surface area (TPSA) is 58.2 Å². The van der Waals surface area contributed by atoms with Crippen LogP contribution in [-0.2, 0) is 10.3 Å². The second-order valence-electron chi connectivity index (χ2n) is 6.32. The Hall–Kier alpha value is -2.62. The van der Waals surface area contributed by atoms with E-state index in [1.165, 1.54) is 18.4 Å². The number of carbonyl (C=O) groups excluding carboxylic acids is 2. The van der Waals surface area contributed by atoms with Crippen LogP contribution in [0.1, 0.15) is 41.0 Å². The lowest BCUT2D eigenvalue weighted by Crippen LogP contribution is -2.45. The zero-order chi connectivity index (χ0) is 16.0. The van der Waals surface area contributed by atoms with Crippen molar-refractivity contribution in [3.8, 4) is 0 Å². The van der Waals surface area contributed by atoms with Crippen molar-refractivity contribution in [1.82, 2.24) is 10.6 Å². The van der Waals surface area contributed by atoms with Gasteiger partial charge >= 0.3 is 6.03 Å². The summed E-state index contributed by atoms with van der Waals surface area (Å²) in [4.78, 5) is 24.7. The molecule has 1 aliphatic heterocycles. The molecule has 1 saturated heterocycles. The summed E-state index contributed by atoms with van der Waals surface area (Å²) < 4.78 is 0. The first-order valence-electron chi connectivity index (χ1n) is 7.92. The van der Waals surface area contributed by atoms with Gasteiger partial charge in [-0.3, -0.25) is 10.1 Å². The lowest BCUT2D eigenvalue weighted by Gasteiger charge is -2.29. The predicted molar refractivity (Wildman–Crippen MR) is 87.1 cm³/mol. The first kappa shape index (κ1) is 14.0. The number of imide groups is 1. The fourth-order valence-electron chi connectivity index (χ4n) is 3.59. The highest BCUT2D eigenvalue weighted by Crippen LogP contribution is 2.44. The normalized spacial score (nSPS) is 23.5. The summed E-state index contributed by atoms with van der Waals surface area (Å²) >= 11 is 0. The van der Waals surface area contributed by atoms with Crippen molar-refractivity contribution in [3.63, 3.8) is 0 Å². The average Bonchev–Trinajstić information content (AvgIpc) is 3.34. The van der Waals surface area contributed by atoms with Crippen molar-refractivity contribution in [2.75, 3.05) is 0 Å². The molecule has 2 aromatic rings. The maximum Gasteiger partial charge on any atom is 0.322 e. The molecule has 0 aromatic heterocycles. The van der Waals surface area contributed by atoms with Crippen LogP contribution in [0, 0.1) is 6.92 Å². The van der Waals surface area contributed by atoms with Gasteiger partial charge < -0.3 is 5.32 Å². The molecule has 0 bridgehead atoms. The molecular formula is C19H18N2O2. The van der Waals surface area contributed by atoms with Gasteiger partial charge in [0.15, 0.2) is 5.54 Å². The molecule has 2 aromatic carbocycles. The lowest BCUT2D eigenvalue weighted by molar-refractivity contribution is -0.122. The van der Waals surface area contributed by atoms with Gasteiger partial charge in [-0.25, -0.2) is 4.79 Å². The molecular weight excluding hydrogens is 288 g/mol. The van der Waals surface area contributed by atoms with E-state index in [1.54, 1.807) is 0 Å². The van der Waals surface area contributed by atoms with Crippen LogP contribution in [0.2, 0.25) is 0 Å². The maximum atomic E-state index is 12.8. The van der Waals surface area contributed by atoms with Gasteiger partial charge in [0.25, 0.3) is 5.91 Å². The molecule has 116 valence electrons. The average molecular weight is 306 g/mol. The van der Waals surface area contributed by atoms with Crippen molar-refractivity contribution in [2.45, 2.75) is 31.2 Å². The van der Waals surface area contributed by atoms with E-state index in [-0.39, 0.29) is 5.91 Å². The first-order valence-corrected chi connectivity index (χ1v) is 7.92. The highest BCUT2D eigenvalue weighted by molar-refractivity contribution is 6.09. The molecule has 1 atom stereocenters. The Morgan fingerprint density at radius 1 is 1.00 bits per heavy atom. The van der Waals surface area contributed by atoms with E-state index >= 15 is 0 Å². The van der Waals surface area contributed by atoms with Crippen LogP contribution in [-0.4, -0.2) is 11.9 Å². The van der Waals surface area contributed by atoms with Gasteiger partial charge in [-0.1, -0.05) is 48.5 Å². The van der Waals surface area contributed by atoms with Crippen molar-refractivity contribution < 1.29 is 9.59 Å². The fraction of sp³-hybridized carbons (Fsp3) is 0.263. The molecule has 2 fully saturated rings. The molecule has 1 heterocycles. The Labute approximate surface area is 134 Å². The van der Waals surface area contributed by atoms with Gasteiger partial charge in [-0.2, -0.15) is 0 Å². The van der Waals surface area contributed by atoms with Crippen LogP contribution in [0.25, 0.3) is 0 Å². The Balaban J connectivity index is 1.96. The smallest absolute Gasteiger partial charge is 0.316 e. The Morgan fingerprint density at radius 2 is 1.74 bits per heavy atom. The van der Waals surface area contributed by atoms with Crippen LogP contribution in [0.3, 0.4) is 0 Å². The van der Waals surface area contributed by atoms with Gasteiger partial charge in [0.1, 0.15) is 0 Å². The van der Waals surface area contributed by atoms with E-state index < -0.39 is 11.6 Å². The summed E-state index contributed by atoms with van der Waals surface area (Å²) in [5, 5.41) is 5.28.